The van der Waals surface area contributed by atoms with Crippen molar-refractivity contribution in [1.82, 2.24) is 0 Å². The van der Waals surface area contributed by atoms with Gasteiger partial charge < -0.3 is 4.84 Å². The van der Waals surface area contributed by atoms with Crippen molar-refractivity contribution in [3.63, 3.8) is 0 Å². The van der Waals surface area contributed by atoms with Crippen molar-refractivity contribution in [2.75, 3.05) is 0 Å². The average molecular weight is 542 g/mol. The number of hydrogen-bond acceptors (Lipinski definition) is 5. The zero-order chi connectivity index (χ0) is 27.6. The van der Waals surface area contributed by atoms with Crippen LogP contribution in [0.25, 0.3) is 0 Å². The molecule has 1 saturated heterocycles. The molecular formula is C32H63NO5. The first kappa shape index (κ1) is 35.1. The molecule has 38 heavy (non-hydrogen) atoms. The molecule has 0 aromatic carbocycles. The van der Waals surface area contributed by atoms with Gasteiger partial charge in [-0.25, -0.2) is 0 Å². The predicted molar refractivity (Wildman–Crippen MR) is 157 cm³/mol. The van der Waals surface area contributed by atoms with E-state index in [2.05, 4.69) is 13.8 Å². The summed E-state index contributed by atoms with van der Waals surface area (Å²) in [5.74, 6) is -0.887. The van der Waals surface area contributed by atoms with Crippen LogP contribution < -0.4 is 0 Å². The molecule has 1 unspecified atom stereocenters. The highest BCUT2D eigenvalue weighted by molar-refractivity contribution is 4.84. The first-order valence-electron chi connectivity index (χ1n) is 16.8. The molecule has 0 aromatic heterocycles. The first-order chi connectivity index (χ1) is 18.6. The molecule has 0 N–H and O–H groups in total. The zero-order valence-electron chi connectivity index (χ0n) is 25.4. The van der Waals surface area contributed by atoms with Crippen molar-refractivity contribution in [2.45, 2.75) is 206 Å². The van der Waals surface area contributed by atoms with Crippen LogP contribution >= 0.6 is 0 Å². The summed E-state index contributed by atoms with van der Waals surface area (Å²) in [7, 11) is 0. The monoisotopic (exact) mass is 541 g/mol. The molecule has 0 spiro atoms. The summed E-state index contributed by atoms with van der Waals surface area (Å²) in [6, 6.07) is 0. The summed E-state index contributed by atoms with van der Waals surface area (Å²) in [5.41, 5.74) is 0. The van der Waals surface area contributed by atoms with Gasteiger partial charge in [0.25, 0.3) is 10.9 Å². The Bertz CT molecular complexity index is 526. The molecule has 0 radical (unpaired) electrons. The quantitative estimate of drug-likeness (QED) is 0.0287. The molecule has 1 fully saturated rings. The van der Waals surface area contributed by atoms with Crippen LogP contribution in [0.15, 0.2) is 0 Å². The van der Waals surface area contributed by atoms with Crippen molar-refractivity contribution < 1.29 is 19.7 Å². The maximum atomic E-state index is 11.1. The van der Waals surface area contributed by atoms with Gasteiger partial charge in [-0.15, -0.1) is 10.1 Å². The van der Waals surface area contributed by atoms with Crippen LogP contribution in [-0.2, 0) is 14.6 Å². The smallest absolute Gasteiger partial charge is 0.294 e. The Morgan fingerprint density at radius 2 is 0.868 bits per heavy atom. The minimum atomic E-state index is -0.887. The lowest BCUT2D eigenvalue weighted by molar-refractivity contribution is -0.771. The summed E-state index contributed by atoms with van der Waals surface area (Å²) < 4.78 is 0. The lowest BCUT2D eigenvalue weighted by Crippen LogP contribution is -2.34. The van der Waals surface area contributed by atoms with Gasteiger partial charge in [0.2, 0.25) is 0 Å². The molecule has 1 aliphatic rings. The van der Waals surface area contributed by atoms with Crippen molar-refractivity contribution >= 4 is 0 Å². The van der Waals surface area contributed by atoms with Gasteiger partial charge in [-0.05, 0) is 12.8 Å². The van der Waals surface area contributed by atoms with Crippen molar-refractivity contribution in [3.8, 4) is 0 Å². The molecule has 1 atom stereocenters. The van der Waals surface area contributed by atoms with Crippen LogP contribution in [0.1, 0.15) is 194 Å². The van der Waals surface area contributed by atoms with E-state index in [0.717, 1.165) is 25.7 Å². The van der Waals surface area contributed by atoms with Gasteiger partial charge in [0, 0.05) is 6.42 Å². The normalized spacial score (nSPS) is 15.0. The molecule has 6 heteroatoms. The van der Waals surface area contributed by atoms with E-state index in [1.54, 1.807) is 0 Å². The van der Waals surface area contributed by atoms with E-state index >= 15 is 0 Å². The molecule has 6 nitrogen and oxygen atoms in total. The molecular weight excluding hydrogens is 478 g/mol. The number of nitrogens with zero attached hydrogens (tertiary/aromatic N) is 1. The fraction of sp³-hybridized carbons (Fsp3) is 1.00. The molecule has 0 saturated carbocycles. The molecule has 0 aromatic rings. The highest BCUT2D eigenvalue weighted by Crippen LogP contribution is 2.42. The molecule has 226 valence electrons. The fourth-order valence-corrected chi connectivity index (χ4v) is 5.60. The summed E-state index contributed by atoms with van der Waals surface area (Å²) in [6.45, 7) is 4.53. The summed E-state index contributed by atoms with van der Waals surface area (Å²) in [4.78, 5) is 26.7. The average Bonchev–Trinajstić information content (AvgIpc) is 3.69. The van der Waals surface area contributed by atoms with Crippen LogP contribution in [0.3, 0.4) is 0 Å². The van der Waals surface area contributed by atoms with Crippen molar-refractivity contribution in [2.24, 2.45) is 0 Å². The van der Waals surface area contributed by atoms with E-state index in [4.69, 9.17) is 14.6 Å². The van der Waals surface area contributed by atoms with Gasteiger partial charge in [0.1, 0.15) is 0 Å². The van der Waals surface area contributed by atoms with Crippen molar-refractivity contribution in [1.29, 1.82) is 0 Å². The van der Waals surface area contributed by atoms with Gasteiger partial charge in [-0.1, -0.05) is 174 Å². The molecule has 0 amide bonds. The Morgan fingerprint density at radius 1 is 0.553 bits per heavy atom. The molecule has 1 heterocycles. The van der Waals surface area contributed by atoms with Gasteiger partial charge in [0.05, 0.1) is 0 Å². The third-order valence-electron chi connectivity index (χ3n) is 8.20. The van der Waals surface area contributed by atoms with Crippen LogP contribution in [0.5, 0.6) is 0 Å². The van der Waals surface area contributed by atoms with E-state index in [0.29, 0.717) is 12.8 Å². The van der Waals surface area contributed by atoms with E-state index in [9.17, 15) is 10.1 Å². The minimum absolute atomic E-state index is 0.609. The third kappa shape index (κ3) is 20.1. The Labute approximate surface area is 235 Å². The second kappa shape index (κ2) is 25.1. The van der Waals surface area contributed by atoms with Crippen LogP contribution in [0.4, 0.5) is 0 Å². The highest BCUT2D eigenvalue weighted by Gasteiger charge is 2.56. The topological polar surface area (TPSA) is 77.4 Å². The second-order valence-corrected chi connectivity index (χ2v) is 11.8. The standard InChI is InChI=1S/C32H63NO5/c1-3-5-7-9-11-13-15-17-19-21-23-25-27-29-31(36-33(34)35)32(37-38-32)30-28-26-24-22-20-18-16-14-12-10-8-6-4-2/h31H,3-30H2,1-2H3. The van der Waals surface area contributed by atoms with Gasteiger partial charge in [-0.3, -0.25) is 0 Å². The maximum Gasteiger partial charge on any atom is 0.294 e. The summed E-state index contributed by atoms with van der Waals surface area (Å²) in [5, 5.41) is 10.4. The Kier molecular flexibility index (Phi) is 23.2. The minimum Gasteiger partial charge on any atom is -0.305 e. The largest absolute Gasteiger partial charge is 0.305 e. The van der Waals surface area contributed by atoms with Crippen LogP contribution in [0.2, 0.25) is 0 Å². The van der Waals surface area contributed by atoms with Gasteiger partial charge in [-0.2, -0.15) is 9.78 Å². The number of rotatable bonds is 31. The Morgan fingerprint density at radius 3 is 1.18 bits per heavy atom. The van der Waals surface area contributed by atoms with Crippen LogP contribution in [-0.4, -0.2) is 17.0 Å². The Hall–Kier alpha value is -0.880. The predicted octanol–water partition coefficient (Wildman–Crippen LogP) is 11.2. The molecule has 0 aliphatic carbocycles. The van der Waals surface area contributed by atoms with E-state index in [1.807, 2.05) is 0 Å². The number of unbranched alkanes of at least 4 members (excludes halogenated alkanes) is 24. The lowest BCUT2D eigenvalue weighted by Gasteiger charge is -2.18. The summed E-state index contributed by atoms with van der Waals surface area (Å²) >= 11 is 0. The lowest BCUT2D eigenvalue weighted by atomic mass is 9.97. The molecule has 1 rings (SSSR count). The maximum absolute atomic E-state index is 11.1. The van der Waals surface area contributed by atoms with E-state index in [-0.39, 0.29) is 0 Å². The third-order valence-corrected chi connectivity index (χ3v) is 8.20. The first-order valence-corrected chi connectivity index (χ1v) is 16.8. The van der Waals surface area contributed by atoms with E-state index < -0.39 is 17.0 Å². The van der Waals surface area contributed by atoms with Crippen LogP contribution in [0, 0.1) is 10.1 Å². The van der Waals surface area contributed by atoms with Crippen molar-refractivity contribution in [3.05, 3.63) is 10.1 Å². The SMILES string of the molecule is CCCCCCCCCCCCCCCC(O[N+](=O)[O-])C1(CCCCCCCCCCCCCCC)OO1. The number of hydrogen-bond donors (Lipinski definition) is 0. The van der Waals surface area contributed by atoms with Gasteiger partial charge in [0.15, 0.2) is 6.10 Å². The van der Waals surface area contributed by atoms with E-state index in [1.165, 1.54) is 141 Å². The fourth-order valence-electron chi connectivity index (χ4n) is 5.60. The summed E-state index contributed by atoms with van der Waals surface area (Å²) in [6.07, 6.45) is 34.3. The molecule has 0 bridgehead atoms. The highest BCUT2D eigenvalue weighted by atomic mass is 17.4. The molecule has 1 aliphatic heterocycles. The zero-order valence-corrected chi connectivity index (χ0v) is 25.4. The van der Waals surface area contributed by atoms with Gasteiger partial charge >= 0.3 is 0 Å². The Balaban J connectivity index is 2.02. The second-order valence-electron chi connectivity index (χ2n) is 11.8.